The molecule has 28 heavy (non-hydrogen) atoms. The van der Waals surface area contributed by atoms with E-state index in [0.29, 0.717) is 31.0 Å². The Hall–Kier alpha value is -3.08. The summed E-state index contributed by atoms with van der Waals surface area (Å²) in [4.78, 5) is 29.4. The van der Waals surface area contributed by atoms with Crippen LogP contribution >= 0.6 is 0 Å². The molecule has 1 heterocycles. The third-order valence-corrected chi connectivity index (χ3v) is 4.69. The van der Waals surface area contributed by atoms with Gasteiger partial charge in [-0.25, -0.2) is 0 Å². The number of amides is 2. The van der Waals surface area contributed by atoms with E-state index in [-0.39, 0.29) is 11.8 Å². The molecular weight excluding hydrogens is 352 g/mol. The lowest BCUT2D eigenvalue weighted by Gasteiger charge is -2.21. The zero-order valence-electron chi connectivity index (χ0n) is 16.6. The van der Waals surface area contributed by atoms with Gasteiger partial charge in [-0.15, -0.1) is 0 Å². The average Bonchev–Trinajstić information content (AvgIpc) is 2.95. The van der Waals surface area contributed by atoms with Crippen LogP contribution in [0.5, 0.6) is 5.75 Å². The molecule has 0 spiro atoms. The van der Waals surface area contributed by atoms with Crippen molar-refractivity contribution in [3.63, 3.8) is 0 Å². The first kappa shape index (κ1) is 19.7. The van der Waals surface area contributed by atoms with Crippen molar-refractivity contribution in [1.82, 2.24) is 9.80 Å². The van der Waals surface area contributed by atoms with E-state index in [1.165, 1.54) is 4.90 Å². The number of hydrogen-bond donors (Lipinski definition) is 0. The van der Waals surface area contributed by atoms with Crippen LogP contribution in [0.4, 0.5) is 0 Å². The lowest BCUT2D eigenvalue weighted by Crippen LogP contribution is -2.34. The first-order valence-corrected chi connectivity index (χ1v) is 9.65. The van der Waals surface area contributed by atoms with Gasteiger partial charge in [0.05, 0.1) is 12.2 Å². The van der Waals surface area contributed by atoms with Crippen molar-refractivity contribution in [3.8, 4) is 5.75 Å². The third-order valence-electron chi connectivity index (χ3n) is 4.69. The van der Waals surface area contributed by atoms with Gasteiger partial charge in [-0.1, -0.05) is 49.4 Å². The lowest BCUT2D eigenvalue weighted by atomic mass is 10.0. The molecule has 5 heteroatoms. The van der Waals surface area contributed by atoms with Crippen LogP contribution in [0, 0.1) is 0 Å². The monoisotopic (exact) mass is 378 g/mol. The van der Waals surface area contributed by atoms with Gasteiger partial charge in [-0.3, -0.25) is 14.5 Å². The molecule has 2 amide bonds. The van der Waals surface area contributed by atoms with Gasteiger partial charge in [0.25, 0.3) is 11.8 Å². The maximum atomic E-state index is 13.1. The van der Waals surface area contributed by atoms with Gasteiger partial charge in [-0.2, -0.15) is 0 Å². The van der Waals surface area contributed by atoms with Crippen molar-refractivity contribution >= 4 is 17.4 Å². The van der Waals surface area contributed by atoms with Crippen molar-refractivity contribution in [2.24, 2.45) is 0 Å². The summed E-state index contributed by atoms with van der Waals surface area (Å²) in [7, 11) is 1.86. The number of benzene rings is 2. The molecule has 0 aliphatic carbocycles. The lowest BCUT2D eigenvalue weighted by molar-refractivity contribution is -0.137. The quantitative estimate of drug-likeness (QED) is 0.657. The van der Waals surface area contributed by atoms with Gasteiger partial charge in [-0.05, 0) is 36.6 Å². The molecule has 1 aliphatic heterocycles. The topological polar surface area (TPSA) is 49.9 Å². The fraction of sp³-hybridized carbons (Fsp3) is 0.304. The van der Waals surface area contributed by atoms with Crippen LogP contribution in [0.25, 0.3) is 5.57 Å². The van der Waals surface area contributed by atoms with Gasteiger partial charge in [0, 0.05) is 20.1 Å². The second kappa shape index (κ2) is 8.74. The van der Waals surface area contributed by atoms with Crippen LogP contribution < -0.4 is 4.74 Å². The molecule has 0 saturated carbocycles. The van der Waals surface area contributed by atoms with Gasteiger partial charge in [0.15, 0.2) is 0 Å². The molecule has 0 unspecified atom stereocenters. The Labute approximate surface area is 166 Å². The van der Waals surface area contributed by atoms with Gasteiger partial charge in [0.1, 0.15) is 11.4 Å². The van der Waals surface area contributed by atoms with E-state index in [1.54, 1.807) is 0 Å². The number of carbonyl (C=O) groups excluding carboxylic acids is 2. The number of nitrogens with zero attached hydrogens (tertiary/aromatic N) is 2. The molecule has 2 aromatic carbocycles. The minimum atomic E-state index is -0.231. The van der Waals surface area contributed by atoms with E-state index >= 15 is 0 Å². The first-order chi connectivity index (χ1) is 13.6. The van der Waals surface area contributed by atoms with Crippen molar-refractivity contribution in [2.45, 2.75) is 26.8 Å². The van der Waals surface area contributed by atoms with E-state index in [1.807, 2.05) is 80.4 Å². The summed E-state index contributed by atoms with van der Waals surface area (Å²) in [6.45, 7) is 5.43. The fourth-order valence-electron chi connectivity index (χ4n) is 3.43. The van der Waals surface area contributed by atoms with E-state index in [9.17, 15) is 9.59 Å². The van der Waals surface area contributed by atoms with Crippen LogP contribution in [0.2, 0.25) is 0 Å². The number of rotatable bonds is 8. The molecule has 2 aromatic rings. The highest BCUT2D eigenvalue weighted by Gasteiger charge is 2.40. The van der Waals surface area contributed by atoms with Gasteiger partial charge < -0.3 is 9.64 Å². The number of hydrogen-bond acceptors (Lipinski definition) is 4. The summed E-state index contributed by atoms with van der Waals surface area (Å²) in [5.74, 6) is 0.285. The summed E-state index contributed by atoms with van der Waals surface area (Å²) in [6, 6.07) is 17.3. The predicted molar refractivity (Wildman–Crippen MR) is 109 cm³/mol. The Balaban J connectivity index is 2.00. The molecule has 5 nitrogen and oxygen atoms in total. The minimum absolute atomic E-state index is 0.228. The smallest absolute Gasteiger partial charge is 0.277 e. The van der Waals surface area contributed by atoms with Crippen LogP contribution in [0.3, 0.4) is 0 Å². The van der Waals surface area contributed by atoms with Crippen LogP contribution in [0.15, 0.2) is 60.3 Å². The molecule has 0 atom stereocenters. The average molecular weight is 378 g/mol. The Morgan fingerprint density at radius 2 is 1.61 bits per heavy atom. The normalized spacial score (nSPS) is 14.0. The molecular formula is C23H26N2O3. The van der Waals surface area contributed by atoms with E-state index < -0.39 is 0 Å². The minimum Gasteiger partial charge on any atom is -0.494 e. The van der Waals surface area contributed by atoms with Crippen LogP contribution in [-0.4, -0.2) is 41.8 Å². The first-order valence-electron chi connectivity index (χ1n) is 9.65. The highest BCUT2D eigenvalue weighted by atomic mass is 16.5. The number of carbonyl (C=O) groups is 2. The number of likely N-dealkylation sites (N-methyl/N-ethyl adjacent to an activating group) is 1. The summed E-state index contributed by atoms with van der Waals surface area (Å²) < 4.78 is 5.50. The van der Waals surface area contributed by atoms with Crippen molar-refractivity contribution in [3.05, 3.63) is 71.4 Å². The molecule has 0 bridgehead atoms. The standard InChI is InChI=1S/C23H26N2O3/c1-4-15-25-22(26)20(18-11-13-19(14-12-18)28-5-2)21(23(25)27)24(3)16-17-9-7-6-8-10-17/h6-14H,4-5,15-16H2,1-3H3. The maximum absolute atomic E-state index is 13.1. The Morgan fingerprint density at radius 3 is 2.21 bits per heavy atom. The Bertz CT molecular complexity index is 872. The zero-order chi connectivity index (χ0) is 20.1. The van der Waals surface area contributed by atoms with Crippen molar-refractivity contribution in [1.29, 1.82) is 0 Å². The van der Waals surface area contributed by atoms with Crippen LogP contribution in [0.1, 0.15) is 31.4 Å². The van der Waals surface area contributed by atoms with E-state index in [0.717, 1.165) is 23.3 Å². The Morgan fingerprint density at radius 1 is 0.929 bits per heavy atom. The zero-order valence-corrected chi connectivity index (χ0v) is 16.6. The SMILES string of the molecule is CCCN1C(=O)C(c2ccc(OCC)cc2)=C(N(C)Cc2ccccc2)C1=O. The predicted octanol–water partition coefficient (Wildman–Crippen LogP) is 3.71. The molecule has 0 aromatic heterocycles. The van der Waals surface area contributed by atoms with Crippen molar-refractivity contribution in [2.75, 3.05) is 20.2 Å². The summed E-state index contributed by atoms with van der Waals surface area (Å²) in [5, 5.41) is 0. The maximum Gasteiger partial charge on any atom is 0.277 e. The largest absolute Gasteiger partial charge is 0.494 e. The summed E-state index contributed by atoms with van der Waals surface area (Å²) in [5.41, 5.74) is 2.72. The van der Waals surface area contributed by atoms with Crippen molar-refractivity contribution < 1.29 is 14.3 Å². The molecule has 3 rings (SSSR count). The third kappa shape index (κ3) is 3.93. The second-order valence-electron chi connectivity index (χ2n) is 6.78. The van der Waals surface area contributed by atoms with E-state index in [2.05, 4.69) is 0 Å². The second-order valence-corrected chi connectivity index (χ2v) is 6.78. The number of imide groups is 1. The fourth-order valence-corrected chi connectivity index (χ4v) is 3.43. The van der Waals surface area contributed by atoms with Gasteiger partial charge >= 0.3 is 0 Å². The molecule has 146 valence electrons. The highest BCUT2D eigenvalue weighted by Crippen LogP contribution is 2.32. The molecule has 0 saturated heterocycles. The molecule has 0 radical (unpaired) electrons. The Kier molecular flexibility index (Phi) is 6.14. The molecule has 1 aliphatic rings. The highest BCUT2D eigenvalue weighted by molar-refractivity contribution is 6.35. The van der Waals surface area contributed by atoms with E-state index in [4.69, 9.17) is 4.74 Å². The van der Waals surface area contributed by atoms with Crippen LogP contribution in [-0.2, 0) is 16.1 Å². The number of ether oxygens (including phenoxy) is 1. The molecule has 0 fully saturated rings. The van der Waals surface area contributed by atoms with Gasteiger partial charge in [0.2, 0.25) is 0 Å². The summed E-state index contributed by atoms with van der Waals surface area (Å²) in [6.07, 6.45) is 0.726. The summed E-state index contributed by atoms with van der Waals surface area (Å²) >= 11 is 0. The molecule has 0 N–H and O–H groups in total.